The monoisotopic (exact) mass is 674 g/mol. The SMILES string of the molecule is CC(C)(C)[Si](C)(C)OCCCC[B-](C#Cc1ccccc1)(CCCCO[Si](C)(C)C(C)(C)C)CCCCO[Si](C)(C)C(C)(C)C. The summed E-state index contributed by atoms with van der Waals surface area (Å²) in [5, 5.41) is 0.752. The predicted molar refractivity (Wildman–Crippen MR) is 211 cm³/mol. The van der Waals surface area contributed by atoms with Gasteiger partial charge in [-0.15, -0.1) is 5.92 Å². The zero-order valence-corrected chi connectivity index (χ0v) is 35.7. The number of hydrogen-bond donors (Lipinski definition) is 0. The van der Waals surface area contributed by atoms with Crippen molar-refractivity contribution < 1.29 is 13.3 Å². The van der Waals surface area contributed by atoms with Crippen molar-refractivity contribution in [3.63, 3.8) is 0 Å². The van der Waals surface area contributed by atoms with Crippen LogP contribution < -0.4 is 0 Å². The van der Waals surface area contributed by atoms with Crippen LogP contribution in [0, 0.1) is 11.7 Å². The lowest BCUT2D eigenvalue weighted by Crippen LogP contribution is -2.41. The molecule has 0 heterocycles. The second-order valence-electron chi connectivity index (χ2n) is 18.4. The Morgan fingerprint density at radius 1 is 0.511 bits per heavy atom. The van der Waals surface area contributed by atoms with Crippen molar-refractivity contribution in [3.8, 4) is 11.7 Å². The first kappa shape index (κ1) is 42.4. The van der Waals surface area contributed by atoms with Crippen LogP contribution in [0.4, 0.5) is 0 Å². The zero-order valence-electron chi connectivity index (χ0n) is 32.7. The highest BCUT2D eigenvalue weighted by atomic mass is 28.4. The van der Waals surface area contributed by atoms with Crippen LogP contribution >= 0.6 is 0 Å². The molecule has 0 fully saturated rings. The molecule has 0 saturated carbocycles. The summed E-state index contributed by atoms with van der Waals surface area (Å²) < 4.78 is 19.7. The molecule has 0 aliphatic rings. The van der Waals surface area contributed by atoms with Gasteiger partial charge in [0.1, 0.15) is 0 Å². The van der Waals surface area contributed by atoms with Gasteiger partial charge in [0.05, 0.1) is 6.15 Å². The lowest BCUT2D eigenvalue weighted by Gasteiger charge is -2.38. The molecule has 1 rings (SSSR count). The number of benzene rings is 1. The number of rotatable bonds is 18. The summed E-state index contributed by atoms with van der Waals surface area (Å²) in [5.74, 6) is 7.61. The minimum Gasteiger partial charge on any atom is -0.417 e. The fraction of sp³-hybridized carbons (Fsp3) is 0.789. The van der Waals surface area contributed by atoms with E-state index in [1.807, 2.05) is 0 Å². The maximum atomic E-state index is 6.57. The van der Waals surface area contributed by atoms with Crippen molar-refractivity contribution in [1.29, 1.82) is 0 Å². The van der Waals surface area contributed by atoms with E-state index >= 15 is 0 Å². The molecule has 0 saturated heterocycles. The molecule has 0 amide bonds. The summed E-state index contributed by atoms with van der Waals surface area (Å²) >= 11 is 0. The van der Waals surface area contributed by atoms with E-state index in [2.05, 4.69) is 144 Å². The summed E-state index contributed by atoms with van der Waals surface area (Å²) in [6.07, 6.45) is 9.61. The number of hydrogen-bond acceptors (Lipinski definition) is 3. The number of unbranched alkanes of at least 4 members (excludes halogenated alkanes) is 3. The first-order valence-electron chi connectivity index (χ1n) is 18.2. The van der Waals surface area contributed by atoms with Gasteiger partial charge in [-0.05, 0) is 85.8 Å². The standard InChI is InChI=1S/C38H74BO3Si3/c1-36(2,3)43(10,11)40-32-22-19-28-39(31-27-35-25-17-16-18-26-35,29-20-23-33-41-44(12,13)37(4,5)6)30-21-24-34-42-45(14,15)38(7,8)9/h16-18,25-26H,19-24,28-30,32-34H2,1-15H3/q-1. The Kier molecular flexibility index (Phi) is 16.7. The molecule has 0 aliphatic heterocycles. The van der Waals surface area contributed by atoms with Gasteiger partial charge in [-0.1, -0.05) is 99.8 Å². The minimum absolute atomic E-state index is 0.251. The Morgan fingerprint density at radius 3 is 1.11 bits per heavy atom. The van der Waals surface area contributed by atoms with E-state index in [1.165, 1.54) is 38.2 Å². The van der Waals surface area contributed by atoms with Crippen LogP contribution in [0.1, 0.15) is 106 Å². The van der Waals surface area contributed by atoms with Crippen molar-refractivity contribution in [2.45, 2.75) is 174 Å². The van der Waals surface area contributed by atoms with Gasteiger partial charge in [-0.25, -0.2) is 0 Å². The van der Waals surface area contributed by atoms with E-state index in [-0.39, 0.29) is 15.1 Å². The Labute approximate surface area is 285 Å². The van der Waals surface area contributed by atoms with Crippen molar-refractivity contribution >= 4 is 31.1 Å². The third kappa shape index (κ3) is 15.0. The Bertz CT molecular complexity index is 950. The maximum Gasteiger partial charge on any atom is 0.191 e. The van der Waals surface area contributed by atoms with E-state index in [0.29, 0.717) is 0 Å². The average Bonchev–Trinajstić information content (AvgIpc) is 2.89. The quantitative estimate of drug-likeness (QED) is 0.0882. The molecule has 0 aliphatic carbocycles. The molecular formula is C38H74BO3Si3-. The third-order valence-electron chi connectivity index (χ3n) is 11.6. The van der Waals surface area contributed by atoms with Gasteiger partial charge in [0.25, 0.3) is 0 Å². The Balaban J connectivity index is 3.07. The van der Waals surface area contributed by atoms with E-state index < -0.39 is 31.1 Å². The molecule has 0 bridgehead atoms. The van der Waals surface area contributed by atoms with E-state index in [0.717, 1.165) is 44.6 Å². The van der Waals surface area contributed by atoms with Crippen molar-refractivity contribution in [2.24, 2.45) is 0 Å². The highest BCUT2D eigenvalue weighted by Gasteiger charge is 2.38. The smallest absolute Gasteiger partial charge is 0.191 e. The zero-order chi connectivity index (χ0) is 34.6. The summed E-state index contributed by atoms with van der Waals surface area (Å²) in [6, 6.07) is 10.6. The van der Waals surface area contributed by atoms with Crippen LogP contribution in [0.5, 0.6) is 0 Å². The second-order valence-corrected chi connectivity index (χ2v) is 32.9. The van der Waals surface area contributed by atoms with Crippen LogP contribution in [0.15, 0.2) is 30.3 Å². The largest absolute Gasteiger partial charge is 0.417 e. The van der Waals surface area contributed by atoms with Crippen molar-refractivity contribution in [3.05, 3.63) is 35.9 Å². The highest BCUT2D eigenvalue weighted by molar-refractivity contribution is 6.87. The van der Waals surface area contributed by atoms with Gasteiger partial charge in [-0.3, -0.25) is 0 Å². The molecular weight excluding hydrogens is 599 g/mol. The van der Waals surface area contributed by atoms with Gasteiger partial charge >= 0.3 is 0 Å². The van der Waals surface area contributed by atoms with Crippen LogP contribution in [-0.4, -0.2) is 50.9 Å². The molecule has 0 aromatic heterocycles. The van der Waals surface area contributed by atoms with Crippen LogP contribution in [-0.2, 0) is 13.3 Å². The Morgan fingerprint density at radius 2 is 0.822 bits per heavy atom. The van der Waals surface area contributed by atoms with Crippen LogP contribution in [0.2, 0.25) is 73.4 Å². The average molecular weight is 674 g/mol. The minimum atomic E-state index is -1.72. The fourth-order valence-electron chi connectivity index (χ4n) is 4.95. The third-order valence-corrected chi connectivity index (χ3v) is 25.2. The molecule has 0 unspecified atom stereocenters. The lowest BCUT2D eigenvalue weighted by molar-refractivity contribution is 0.279. The van der Waals surface area contributed by atoms with Gasteiger partial charge < -0.3 is 19.1 Å². The molecule has 3 nitrogen and oxygen atoms in total. The van der Waals surface area contributed by atoms with Crippen molar-refractivity contribution in [1.82, 2.24) is 0 Å². The van der Waals surface area contributed by atoms with Gasteiger partial charge in [0.15, 0.2) is 25.0 Å². The summed E-state index contributed by atoms with van der Waals surface area (Å²) in [4.78, 5) is 0. The summed E-state index contributed by atoms with van der Waals surface area (Å²) in [6.45, 7) is 37.8. The topological polar surface area (TPSA) is 27.7 Å². The summed E-state index contributed by atoms with van der Waals surface area (Å²) in [5.41, 5.74) is 1.13. The van der Waals surface area contributed by atoms with E-state index in [1.54, 1.807) is 0 Å². The molecule has 0 radical (unpaired) electrons. The van der Waals surface area contributed by atoms with Crippen molar-refractivity contribution in [2.75, 3.05) is 19.8 Å². The normalized spacial score (nSPS) is 13.9. The van der Waals surface area contributed by atoms with Crippen LogP contribution in [0.25, 0.3) is 0 Å². The predicted octanol–water partition coefficient (Wildman–Crippen LogP) is 12.4. The summed E-state index contributed by atoms with van der Waals surface area (Å²) in [7, 11) is -5.17. The van der Waals surface area contributed by atoms with Gasteiger partial charge in [0, 0.05) is 25.4 Å². The van der Waals surface area contributed by atoms with E-state index in [4.69, 9.17) is 13.3 Å². The molecule has 1 aromatic carbocycles. The molecule has 45 heavy (non-hydrogen) atoms. The van der Waals surface area contributed by atoms with Crippen LogP contribution in [0.3, 0.4) is 0 Å². The molecule has 260 valence electrons. The first-order chi connectivity index (χ1) is 20.4. The first-order valence-corrected chi connectivity index (χ1v) is 26.9. The molecule has 1 aromatic rings. The molecule has 0 spiro atoms. The molecule has 0 N–H and O–H groups in total. The Hall–Kier alpha value is -0.624. The highest BCUT2D eigenvalue weighted by Crippen LogP contribution is 2.39. The van der Waals surface area contributed by atoms with Gasteiger partial charge in [-0.2, -0.15) is 19.0 Å². The molecule has 7 heteroatoms. The van der Waals surface area contributed by atoms with Gasteiger partial charge in [0.2, 0.25) is 0 Å². The second kappa shape index (κ2) is 17.7. The molecule has 0 atom stereocenters. The maximum absolute atomic E-state index is 6.57. The fourth-order valence-corrected chi connectivity index (χ4v) is 8.21. The lowest BCUT2D eigenvalue weighted by atomic mass is 9.19. The van der Waals surface area contributed by atoms with E-state index in [9.17, 15) is 0 Å².